The number of rotatable bonds is 1. The molecule has 1 unspecified atom stereocenters. The molecule has 0 radical (unpaired) electrons. The first-order valence-electron chi connectivity index (χ1n) is 4.48. The quantitative estimate of drug-likeness (QED) is 0.518. The van der Waals surface area contributed by atoms with Crippen molar-refractivity contribution in [2.45, 2.75) is 32.6 Å². The highest BCUT2D eigenvalue weighted by Crippen LogP contribution is 2.20. The average Bonchev–Trinajstić information content (AvgIpc) is 1.82. The zero-order chi connectivity index (χ0) is 9.35. The molecule has 1 fully saturated rings. The predicted molar refractivity (Wildman–Crippen MR) is 37.6 cm³/mol. The summed E-state index contributed by atoms with van der Waals surface area (Å²) in [7, 11) is 0. The van der Waals surface area contributed by atoms with E-state index in [9.17, 15) is 9.59 Å². The van der Waals surface area contributed by atoms with Gasteiger partial charge in [-0.2, -0.15) is 0 Å². The molecule has 0 bridgehead atoms. The van der Waals surface area contributed by atoms with Gasteiger partial charge in [-0.15, -0.1) is 0 Å². The molecule has 1 aliphatic carbocycles. The SMILES string of the molecule is [2H]C1([2H])CCCC(=O)C1C(C)=O. The lowest BCUT2D eigenvalue weighted by Crippen LogP contribution is -2.24. The lowest BCUT2D eigenvalue weighted by atomic mass is 9.86. The van der Waals surface area contributed by atoms with Gasteiger partial charge in [0.15, 0.2) is 0 Å². The summed E-state index contributed by atoms with van der Waals surface area (Å²) in [6.45, 7) is 1.28. The van der Waals surface area contributed by atoms with Gasteiger partial charge in [-0.05, 0) is 19.7 Å². The van der Waals surface area contributed by atoms with Gasteiger partial charge in [0, 0.05) is 9.16 Å². The molecule has 10 heavy (non-hydrogen) atoms. The maximum Gasteiger partial charge on any atom is 0.143 e. The molecule has 0 spiro atoms. The lowest BCUT2D eigenvalue weighted by molar-refractivity contribution is -0.133. The number of carbonyl (C=O) groups excluding carboxylic acids is 2. The summed E-state index contributed by atoms with van der Waals surface area (Å²) in [5, 5.41) is 0. The van der Waals surface area contributed by atoms with Gasteiger partial charge >= 0.3 is 0 Å². The van der Waals surface area contributed by atoms with Crippen LogP contribution in [0.1, 0.15) is 35.3 Å². The molecule has 1 aliphatic rings. The Balaban J connectivity index is 2.88. The van der Waals surface area contributed by atoms with Gasteiger partial charge in [-0.3, -0.25) is 9.59 Å². The van der Waals surface area contributed by atoms with E-state index in [0.29, 0.717) is 19.3 Å². The van der Waals surface area contributed by atoms with E-state index >= 15 is 0 Å². The summed E-state index contributed by atoms with van der Waals surface area (Å²) in [5.41, 5.74) is 0. The summed E-state index contributed by atoms with van der Waals surface area (Å²) >= 11 is 0. The van der Waals surface area contributed by atoms with Crippen molar-refractivity contribution in [2.24, 2.45) is 5.92 Å². The van der Waals surface area contributed by atoms with Gasteiger partial charge in [-0.1, -0.05) is 6.42 Å². The molecule has 1 saturated carbocycles. The van der Waals surface area contributed by atoms with E-state index in [1.54, 1.807) is 0 Å². The summed E-state index contributed by atoms with van der Waals surface area (Å²) in [5.74, 6) is -1.59. The molecule has 0 N–H and O–H groups in total. The average molecular weight is 142 g/mol. The fraction of sp³-hybridized carbons (Fsp3) is 0.750. The lowest BCUT2D eigenvalue weighted by Gasteiger charge is -2.16. The maximum atomic E-state index is 11.2. The molecular formula is C8H12O2. The van der Waals surface area contributed by atoms with E-state index in [1.165, 1.54) is 6.92 Å². The van der Waals surface area contributed by atoms with Crippen molar-refractivity contribution in [1.82, 2.24) is 0 Å². The van der Waals surface area contributed by atoms with Crippen molar-refractivity contribution in [3.05, 3.63) is 0 Å². The second kappa shape index (κ2) is 2.95. The van der Waals surface area contributed by atoms with Crippen molar-refractivity contribution in [3.8, 4) is 0 Å². The highest BCUT2D eigenvalue weighted by Gasteiger charge is 2.25. The first-order chi connectivity index (χ1) is 5.45. The molecule has 0 aromatic rings. The molecular weight excluding hydrogens is 128 g/mol. The van der Waals surface area contributed by atoms with Gasteiger partial charge in [0.2, 0.25) is 0 Å². The molecule has 0 aliphatic heterocycles. The minimum absolute atomic E-state index is 0.237. The van der Waals surface area contributed by atoms with Gasteiger partial charge < -0.3 is 0 Å². The van der Waals surface area contributed by atoms with Crippen molar-refractivity contribution in [1.29, 1.82) is 0 Å². The Bertz CT molecular complexity index is 223. The zero-order valence-electron chi connectivity index (χ0n) is 8.02. The molecule has 2 heteroatoms. The van der Waals surface area contributed by atoms with Crippen LogP contribution < -0.4 is 0 Å². The van der Waals surface area contributed by atoms with Crippen LogP contribution in [0, 0.1) is 5.92 Å². The standard InChI is InChI=1S/C8H12O2/c1-6(9)7-4-2-3-5-8(7)10/h7H,2-5H2,1H3/i4D2. The molecule has 1 rings (SSSR count). The number of hydrogen-bond donors (Lipinski definition) is 0. The molecule has 0 aromatic carbocycles. The fourth-order valence-electron chi connectivity index (χ4n) is 1.14. The fourth-order valence-corrected chi connectivity index (χ4v) is 1.14. The van der Waals surface area contributed by atoms with Crippen LogP contribution in [0.5, 0.6) is 0 Å². The topological polar surface area (TPSA) is 34.1 Å². The van der Waals surface area contributed by atoms with Crippen LogP contribution >= 0.6 is 0 Å². The van der Waals surface area contributed by atoms with E-state index in [2.05, 4.69) is 0 Å². The first kappa shape index (κ1) is 5.05. The second-order valence-corrected chi connectivity index (χ2v) is 2.57. The summed E-state index contributed by atoms with van der Waals surface area (Å²) < 4.78 is 14.9. The Labute approximate surface area is 63.4 Å². The third-order valence-corrected chi connectivity index (χ3v) is 1.68. The second-order valence-electron chi connectivity index (χ2n) is 2.57. The van der Waals surface area contributed by atoms with Crippen molar-refractivity contribution in [2.75, 3.05) is 0 Å². The van der Waals surface area contributed by atoms with E-state index in [0.717, 1.165) is 0 Å². The number of Topliss-reactive ketones (excluding diaryl/α,β-unsaturated/α-hetero) is 2. The van der Waals surface area contributed by atoms with Gasteiger partial charge in [-0.25, -0.2) is 0 Å². The van der Waals surface area contributed by atoms with Crippen molar-refractivity contribution in [3.63, 3.8) is 0 Å². The van der Waals surface area contributed by atoms with Crippen LogP contribution in [0.3, 0.4) is 0 Å². The van der Waals surface area contributed by atoms with Crippen LogP contribution in [0.4, 0.5) is 0 Å². The first-order valence-corrected chi connectivity index (χ1v) is 3.48. The third kappa shape index (κ3) is 1.43. The van der Waals surface area contributed by atoms with E-state index in [1.807, 2.05) is 0 Å². The number of ketones is 2. The largest absolute Gasteiger partial charge is 0.299 e. The van der Waals surface area contributed by atoms with Crippen LogP contribution in [-0.4, -0.2) is 11.6 Å². The minimum Gasteiger partial charge on any atom is -0.299 e. The van der Waals surface area contributed by atoms with Gasteiger partial charge in [0.05, 0.1) is 5.92 Å². The normalized spacial score (nSPS) is 34.5. The van der Waals surface area contributed by atoms with Crippen LogP contribution in [0.15, 0.2) is 0 Å². The molecule has 2 nitrogen and oxygen atoms in total. The highest BCUT2D eigenvalue weighted by atomic mass is 16.1. The summed E-state index contributed by atoms with van der Waals surface area (Å²) in [6, 6.07) is 0. The monoisotopic (exact) mass is 142 g/mol. The Kier molecular flexibility index (Phi) is 1.49. The smallest absolute Gasteiger partial charge is 0.143 e. The van der Waals surface area contributed by atoms with Crippen LogP contribution in [-0.2, 0) is 9.59 Å². The summed E-state index contributed by atoms with van der Waals surface area (Å²) in [4.78, 5) is 22.2. The predicted octanol–water partition coefficient (Wildman–Crippen LogP) is 1.33. The number of carbonyl (C=O) groups is 2. The molecule has 0 aromatic heterocycles. The maximum absolute atomic E-state index is 11.2. The van der Waals surface area contributed by atoms with Crippen molar-refractivity contribution < 1.29 is 12.3 Å². The van der Waals surface area contributed by atoms with E-state index < -0.39 is 12.3 Å². The molecule has 0 saturated heterocycles. The Morgan fingerprint density at radius 1 is 1.70 bits per heavy atom. The zero-order valence-corrected chi connectivity index (χ0v) is 6.02. The summed E-state index contributed by atoms with van der Waals surface area (Å²) in [6.07, 6.45) is -0.372. The highest BCUT2D eigenvalue weighted by molar-refractivity contribution is 6.01. The van der Waals surface area contributed by atoms with E-state index in [-0.39, 0.29) is 11.6 Å². The Morgan fingerprint density at radius 3 is 2.80 bits per heavy atom. The Hall–Kier alpha value is -0.660. The van der Waals surface area contributed by atoms with Gasteiger partial charge in [0.25, 0.3) is 0 Å². The molecule has 0 amide bonds. The molecule has 56 valence electrons. The third-order valence-electron chi connectivity index (χ3n) is 1.68. The van der Waals surface area contributed by atoms with Crippen LogP contribution in [0.25, 0.3) is 0 Å². The number of hydrogen-bond acceptors (Lipinski definition) is 2. The van der Waals surface area contributed by atoms with Crippen LogP contribution in [0.2, 0.25) is 0 Å². The Morgan fingerprint density at radius 2 is 2.40 bits per heavy atom. The minimum atomic E-state index is -1.61. The van der Waals surface area contributed by atoms with Gasteiger partial charge in [0.1, 0.15) is 11.6 Å². The molecule has 1 atom stereocenters. The molecule has 0 heterocycles. The van der Waals surface area contributed by atoms with Crippen molar-refractivity contribution >= 4 is 11.6 Å². The van der Waals surface area contributed by atoms with E-state index in [4.69, 9.17) is 2.74 Å².